The monoisotopic (exact) mass is 437 g/mol. The molecule has 168 valence electrons. The van der Waals surface area contributed by atoms with Gasteiger partial charge in [-0.15, -0.1) is 0 Å². The number of hydrogen-bond donors (Lipinski definition) is 0. The van der Waals surface area contributed by atoms with Crippen molar-refractivity contribution in [3.8, 4) is 28.6 Å². The van der Waals surface area contributed by atoms with Crippen LogP contribution in [0.25, 0.3) is 11.4 Å². The molecule has 1 fully saturated rings. The normalized spacial score (nSPS) is 16.0. The van der Waals surface area contributed by atoms with E-state index in [2.05, 4.69) is 36.1 Å². The molecule has 2 aromatic carbocycles. The zero-order chi connectivity index (χ0) is 22.8. The van der Waals surface area contributed by atoms with Crippen molar-refractivity contribution >= 4 is 11.6 Å². The van der Waals surface area contributed by atoms with E-state index < -0.39 is 0 Å². The highest BCUT2D eigenvalue weighted by molar-refractivity contribution is 5.97. The van der Waals surface area contributed by atoms with Gasteiger partial charge in [0, 0.05) is 30.7 Å². The number of rotatable bonds is 7. The van der Waals surface area contributed by atoms with Crippen LogP contribution in [0.4, 0.5) is 5.69 Å². The molecule has 0 N–H and O–H groups in total. The number of methoxy groups -OCH3 is 3. The summed E-state index contributed by atoms with van der Waals surface area (Å²) >= 11 is 0. The van der Waals surface area contributed by atoms with Crippen LogP contribution in [-0.2, 0) is 4.79 Å². The van der Waals surface area contributed by atoms with Crippen LogP contribution >= 0.6 is 0 Å². The molecular formula is C24H27N3O5. The molecular weight excluding hydrogens is 410 g/mol. The summed E-state index contributed by atoms with van der Waals surface area (Å²) in [6, 6.07) is 11.6. The molecule has 0 radical (unpaired) electrons. The van der Waals surface area contributed by atoms with Gasteiger partial charge in [-0.3, -0.25) is 4.79 Å². The van der Waals surface area contributed by atoms with Crippen molar-refractivity contribution in [2.75, 3.05) is 32.8 Å². The summed E-state index contributed by atoms with van der Waals surface area (Å²) < 4.78 is 21.7. The van der Waals surface area contributed by atoms with E-state index in [-0.39, 0.29) is 18.2 Å². The molecule has 32 heavy (non-hydrogen) atoms. The van der Waals surface area contributed by atoms with Crippen LogP contribution in [0.3, 0.4) is 0 Å². The van der Waals surface area contributed by atoms with E-state index in [0.717, 1.165) is 5.56 Å². The number of aromatic nitrogens is 2. The van der Waals surface area contributed by atoms with Crippen molar-refractivity contribution in [1.82, 2.24) is 10.1 Å². The fraction of sp³-hybridized carbons (Fsp3) is 0.375. The second-order valence-electron chi connectivity index (χ2n) is 8.02. The first-order valence-electron chi connectivity index (χ1n) is 10.5. The highest BCUT2D eigenvalue weighted by Gasteiger charge is 2.36. The predicted molar refractivity (Wildman–Crippen MR) is 120 cm³/mol. The number of carbonyl (C=O) groups is 1. The summed E-state index contributed by atoms with van der Waals surface area (Å²) in [6.45, 7) is 4.72. The molecule has 1 atom stereocenters. The van der Waals surface area contributed by atoms with Gasteiger partial charge in [0.05, 0.1) is 32.9 Å². The standard InChI is InChI=1S/C24H27N3O5/c1-14(2)15-6-8-16(9-7-15)23-25-24(32-26-23)17-10-21(28)27(13-17)18-11-19(29-3)22(31-5)20(12-18)30-4/h6-9,11-12,14,17H,10,13H2,1-5H3. The SMILES string of the molecule is COc1cc(N2CC(c3nc(-c4ccc(C(C)C)cc4)no3)CC2=O)cc(OC)c1OC. The molecule has 0 bridgehead atoms. The van der Waals surface area contributed by atoms with Crippen molar-refractivity contribution < 1.29 is 23.5 Å². The summed E-state index contributed by atoms with van der Waals surface area (Å²) in [4.78, 5) is 19.1. The third-order valence-corrected chi connectivity index (χ3v) is 5.71. The van der Waals surface area contributed by atoms with Gasteiger partial charge in [-0.05, 0) is 11.5 Å². The Morgan fingerprint density at radius 3 is 2.25 bits per heavy atom. The number of amides is 1. The summed E-state index contributed by atoms with van der Waals surface area (Å²) in [5.74, 6) is 2.65. The Bertz CT molecular complexity index is 1080. The highest BCUT2D eigenvalue weighted by atomic mass is 16.5. The summed E-state index contributed by atoms with van der Waals surface area (Å²) in [5, 5.41) is 4.13. The predicted octanol–water partition coefficient (Wildman–Crippen LogP) is 4.41. The van der Waals surface area contributed by atoms with Gasteiger partial charge in [0.25, 0.3) is 0 Å². The Morgan fingerprint density at radius 1 is 1.03 bits per heavy atom. The van der Waals surface area contributed by atoms with Gasteiger partial charge >= 0.3 is 0 Å². The van der Waals surface area contributed by atoms with Gasteiger partial charge in [-0.1, -0.05) is 43.3 Å². The molecule has 0 aliphatic carbocycles. The minimum absolute atomic E-state index is 0.0368. The van der Waals surface area contributed by atoms with E-state index in [4.69, 9.17) is 18.7 Å². The lowest BCUT2D eigenvalue weighted by atomic mass is 10.0. The van der Waals surface area contributed by atoms with Crippen LogP contribution in [-0.4, -0.2) is 43.9 Å². The van der Waals surface area contributed by atoms with Gasteiger partial charge < -0.3 is 23.6 Å². The van der Waals surface area contributed by atoms with Crippen LogP contribution in [0.2, 0.25) is 0 Å². The minimum Gasteiger partial charge on any atom is -0.493 e. The number of benzene rings is 2. The van der Waals surface area contributed by atoms with Crippen LogP contribution in [0.5, 0.6) is 17.2 Å². The Labute approximate surface area is 187 Å². The van der Waals surface area contributed by atoms with E-state index in [1.807, 2.05) is 12.1 Å². The average molecular weight is 437 g/mol. The van der Waals surface area contributed by atoms with Gasteiger partial charge in [0.2, 0.25) is 23.4 Å². The summed E-state index contributed by atoms with van der Waals surface area (Å²) in [5.41, 5.74) is 2.80. The van der Waals surface area contributed by atoms with Crippen molar-refractivity contribution in [2.24, 2.45) is 0 Å². The Balaban J connectivity index is 1.56. The number of hydrogen-bond acceptors (Lipinski definition) is 7. The Kier molecular flexibility index (Phi) is 6.03. The third kappa shape index (κ3) is 4.00. The molecule has 2 heterocycles. The third-order valence-electron chi connectivity index (χ3n) is 5.71. The largest absolute Gasteiger partial charge is 0.493 e. The van der Waals surface area contributed by atoms with E-state index in [1.165, 1.54) is 5.56 Å². The first-order chi connectivity index (χ1) is 15.4. The maximum atomic E-state index is 12.8. The van der Waals surface area contributed by atoms with Crippen molar-refractivity contribution in [3.05, 3.63) is 47.9 Å². The lowest BCUT2D eigenvalue weighted by molar-refractivity contribution is -0.117. The highest BCUT2D eigenvalue weighted by Crippen LogP contribution is 2.43. The zero-order valence-corrected chi connectivity index (χ0v) is 18.9. The minimum atomic E-state index is -0.197. The van der Waals surface area contributed by atoms with Crippen LogP contribution in [0.1, 0.15) is 43.6 Å². The van der Waals surface area contributed by atoms with Crippen molar-refractivity contribution in [1.29, 1.82) is 0 Å². The molecule has 1 aromatic heterocycles. The maximum absolute atomic E-state index is 12.8. The van der Waals surface area contributed by atoms with E-state index in [1.54, 1.807) is 38.4 Å². The Hall–Kier alpha value is -3.55. The molecule has 1 amide bonds. The smallest absolute Gasteiger partial charge is 0.232 e. The molecule has 0 spiro atoms. The number of carbonyl (C=O) groups excluding carboxylic acids is 1. The van der Waals surface area contributed by atoms with E-state index in [0.29, 0.717) is 47.1 Å². The van der Waals surface area contributed by atoms with Gasteiger partial charge in [-0.25, -0.2) is 0 Å². The molecule has 8 nitrogen and oxygen atoms in total. The zero-order valence-electron chi connectivity index (χ0n) is 18.9. The van der Waals surface area contributed by atoms with Crippen molar-refractivity contribution in [3.63, 3.8) is 0 Å². The molecule has 1 saturated heterocycles. The van der Waals surface area contributed by atoms with Crippen LogP contribution in [0.15, 0.2) is 40.9 Å². The van der Waals surface area contributed by atoms with Gasteiger partial charge in [-0.2, -0.15) is 4.98 Å². The fourth-order valence-corrected chi connectivity index (χ4v) is 3.88. The Morgan fingerprint density at radius 2 is 1.69 bits per heavy atom. The topological polar surface area (TPSA) is 86.9 Å². The number of anilines is 1. The quantitative estimate of drug-likeness (QED) is 0.541. The van der Waals surface area contributed by atoms with Crippen LogP contribution < -0.4 is 19.1 Å². The molecule has 0 saturated carbocycles. The summed E-state index contributed by atoms with van der Waals surface area (Å²) in [6.07, 6.45) is 0.282. The molecule has 1 aliphatic heterocycles. The molecule has 1 aliphatic rings. The molecule has 3 aromatic rings. The molecule has 4 rings (SSSR count). The molecule has 1 unspecified atom stereocenters. The lowest BCUT2D eigenvalue weighted by Gasteiger charge is -2.20. The first-order valence-corrected chi connectivity index (χ1v) is 10.5. The first kappa shape index (κ1) is 21.7. The summed E-state index contributed by atoms with van der Waals surface area (Å²) in [7, 11) is 4.63. The number of ether oxygens (including phenoxy) is 3. The second-order valence-corrected chi connectivity index (χ2v) is 8.02. The van der Waals surface area contributed by atoms with Gasteiger partial charge in [0.15, 0.2) is 11.5 Å². The second kappa shape index (κ2) is 8.90. The van der Waals surface area contributed by atoms with Crippen molar-refractivity contribution in [2.45, 2.75) is 32.1 Å². The maximum Gasteiger partial charge on any atom is 0.232 e. The average Bonchev–Trinajstić information content (AvgIpc) is 3.45. The lowest BCUT2D eigenvalue weighted by Crippen LogP contribution is -2.24. The number of nitrogens with zero attached hydrogens (tertiary/aromatic N) is 3. The van der Waals surface area contributed by atoms with E-state index >= 15 is 0 Å². The van der Waals surface area contributed by atoms with Gasteiger partial charge in [0.1, 0.15) is 0 Å². The molecule has 8 heteroatoms. The van der Waals surface area contributed by atoms with Crippen LogP contribution in [0, 0.1) is 0 Å². The van der Waals surface area contributed by atoms with E-state index in [9.17, 15) is 4.79 Å². The fourth-order valence-electron chi connectivity index (χ4n) is 3.88.